The molecule has 120 valence electrons. The fourth-order valence-electron chi connectivity index (χ4n) is 1.65. The van der Waals surface area contributed by atoms with E-state index in [0.29, 0.717) is 26.1 Å². The maximum Gasteiger partial charge on any atom is 0.233 e. The molecule has 0 atom stereocenters. The molecule has 1 aromatic carbocycles. The van der Waals surface area contributed by atoms with Crippen LogP contribution in [0.1, 0.15) is 5.56 Å². The lowest BCUT2D eigenvalue weighted by Crippen LogP contribution is -2.36. The van der Waals surface area contributed by atoms with Gasteiger partial charge in [0.15, 0.2) is 11.6 Å². The fraction of sp³-hybridized carbons (Fsp3) is 0.500. The standard InChI is InChI=1S/C14H21FN2O3.ClH/c1-19-8-7-16-10-14(18)17-6-5-11-3-4-13(20-2)12(15)9-11;/h3-4,9,16H,5-8,10H2,1-2H3,(H,17,18);1H. The summed E-state index contributed by atoms with van der Waals surface area (Å²) in [6.07, 6.45) is 0.574. The summed E-state index contributed by atoms with van der Waals surface area (Å²) >= 11 is 0. The Bertz CT molecular complexity index is 433. The highest BCUT2D eigenvalue weighted by atomic mass is 35.5. The molecule has 0 saturated heterocycles. The Balaban J connectivity index is 0.00000400. The number of ether oxygens (including phenoxy) is 2. The van der Waals surface area contributed by atoms with Crippen molar-refractivity contribution < 1.29 is 18.7 Å². The summed E-state index contributed by atoms with van der Waals surface area (Å²) in [6, 6.07) is 4.78. The van der Waals surface area contributed by atoms with Crippen LogP contribution >= 0.6 is 12.4 Å². The molecule has 0 heterocycles. The minimum atomic E-state index is -0.391. The first-order valence-electron chi connectivity index (χ1n) is 6.46. The van der Waals surface area contributed by atoms with Gasteiger partial charge < -0.3 is 20.1 Å². The van der Waals surface area contributed by atoms with E-state index >= 15 is 0 Å². The van der Waals surface area contributed by atoms with Crippen LogP contribution in [0.5, 0.6) is 5.75 Å². The predicted molar refractivity (Wildman–Crippen MR) is 81.7 cm³/mol. The predicted octanol–water partition coefficient (Wildman–Crippen LogP) is 1.15. The van der Waals surface area contributed by atoms with Gasteiger partial charge in [0, 0.05) is 20.2 Å². The van der Waals surface area contributed by atoms with Gasteiger partial charge in [0.2, 0.25) is 5.91 Å². The molecule has 0 unspecified atom stereocenters. The molecule has 0 aromatic heterocycles. The zero-order chi connectivity index (χ0) is 14.8. The second kappa shape index (κ2) is 11.3. The second-order valence-electron chi connectivity index (χ2n) is 4.24. The topological polar surface area (TPSA) is 59.6 Å². The number of carbonyl (C=O) groups excluding carboxylic acids is 1. The van der Waals surface area contributed by atoms with Gasteiger partial charge in [-0.25, -0.2) is 4.39 Å². The molecule has 1 amide bonds. The number of halogens is 2. The summed E-state index contributed by atoms with van der Waals surface area (Å²) in [4.78, 5) is 11.5. The molecule has 0 fully saturated rings. The average Bonchev–Trinajstić information content (AvgIpc) is 2.44. The maximum absolute atomic E-state index is 13.4. The summed E-state index contributed by atoms with van der Waals surface area (Å²) in [6.45, 7) is 1.92. The van der Waals surface area contributed by atoms with Crippen molar-refractivity contribution in [2.75, 3.05) is 40.5 Å². The number of rotatable bonds is 9. The molecule has 0 aliphatic rings. The molecular weight excluding hydrogens is 299 g/mol. The first-order valence-corrected chi connectivity index (χ1v) is 6.46. The van der Waals surface area contributed by atoms with Gasteiger partial charge in [0.25, 0.3) is 0 Å². The van der Waals surface area contributed by atoms with E-state index in [0.717, 1.165) is 5.56 Å². The Kier molecular flexibility index (Phi) is 10.6. The van der Waals surface area contributed by atoms with E-state index in [1.807, 2.05) is 0 Å². The number of hydrogen-bond acceptors (Lipinski definition) is 4. The molecule has 0 aliphatic heterocycles. The number of methoxy groups -OCH3 is 2. The van der Waals surface area contributed by atoms with Crippen LogP contribution in [0.4, 0.5) is 4.39 Å². The monoisotopic (exact) mass is 320 g/mol. The molecule has 1 aromatic rings. The van der Waals surface area contributed by atoms with Crippen LogP contribution in [0.15, 0.2) is 18.2 Å². The molecule has 0 aliphatic carbocycles. The van der Waals surface area contributed by atoms with Crippen LogP contribution in [-0.2, 0) is 16.0 Å². The van der Waals surface area contributed by atoms with E-state index in [2.05, 4.69) is 10.6 Å². The van der Waals surface area contributed by atoms with Crippen LogP contribution in [0.3, 0.4) is 0 Å². The summed E-state index contributed by atoms with van der Waals surface area (Å²) in [5.74, 6) is -0.257. The first kappa shape index (κ1) is 19.6. The molecule has 7 heteroatoms. The number of nitrogens with one attached hydrogen (secondary N) is 2. The third kappa shape index (κ3) is 7.84. The van der Waals surface area contributed by atoms with Crippen molar-refractivity contribution in [3.05, 3.63) is 29.6 Å². The van der Waals surface area contributed by atoms with Crippen LogP contribution < -0.4 is 15.4 Å². The van der Waals surface area contributed by atoms with Crippen LogP contribution in [-0.4, -0.2) is 46.4 Å². The molecule has 21 heavy (non-hydrogen) atoms. The van der Waals surface area contributed by atoms with E-state index in [1.165, 1.54) is 13.2 Å². The third-order valence-electron chi connectivity index (χ3n) is 2.72. The molecule has 2 N–H and O–H groups in total. The number of hydrogen-bond donors (Lipinski definition) is 2. The Morgan fingerprint density at radius 2 is 2.05 bits per heavy atom. The van der Waals surface area contributed by atoms with Gasteiger partial charge in [0.1, 0.15) is 0 Å². The highest BCUT2D eigenvalue weighted by molar-refractivity contribution is 5.85. The SMILES string of the molecule is COCCNCC(=O)NCCc1ccc(OC)c(F)c1.Cl. The minimum absolute atomic E-state index is 0. The number of benzene rings is 1. The second-order valence-corrected chi connectivity index (χ2v) is 4.24. The molecule has 5 nitrogen and oxygen atoms in total. The Hall–Kier alpha value is -1.37. The van der Waals surface area contributed by atoms with Gasteiger partial charge in [-0.1, -0.05) is 6.07 Å². The Labute approximate surface area is 130 Å². The van der Waals surface area contributed by atoms with Gasteiger partial charge in [-0.15, -0.1) is 12.4 Å². The van der Waals surface area contributed by atoms with E-state index in [-0.39, 0.29) is 30.6 Å². The summed E-state index contributed by atoms with van der Waals surface area (Å²) in [5, 5.41) is 5.71. The summed E-state index contributed by atoms with van der Waals surface area (Å²) in [5.41, 5.74) is 0.816. The van der Waals surface area contributed by atoms with E-state index in [4.69, 9.17) is 9.47 Å². The Morgan fingerprint density at radius 3 is 2.67 bits per heavy atom. The first-order chi connectivity index (χ1) is 9.67. The Morgan fingerprint density at radius 1 is 1.29 bits per heavy atom. The smallest absolute Gasteiger partial charge is 0.233 e. The van der Waals surface area contributed by atoms with Gasteiger partial charge in [-0.05, 0) is 24.1 Å². The lowest BCUT2D eigenvalue weighted by molar-refractivity contribution is -0.120. The van der Waals surface area contributed by atoms with Crippen LogP contribution in [0.25, 0.3) is 0 Å². The molecular formula is C14H22ClFN2O3. The maximum atomic E-state index is 13.4. The van der Waals surface area contributed by atoms with Crippen LogP contribution in [0, 0.1) is 5.82 Å². The number of carbonyl (C=O) groups is 1. The minimum Gasteiger partial charge on any atom is -0.494 e. The number of amides is 1. The average molecular weight is 321 g/mol. The van der Waals surface area contributed by atoms with Crippen molar-refractivity contribution in [2.24, 2.45) is 0 Å². The van der Waals surface area contributed by atoms with Gasteiger partial charge >= 0.3 is 0 Å². The normalized spacial score (nSPS) is 9.86. The van der Waals surface area contributed by atoms with E-state index in [1.54, 1.807) is 19.2 Å². The van der Waals surface area contributed by atoms with Crippen molar-refractivity contribution in [3.63, 3.8) is 0 Å². The molecule has 1 rings (SSSR count). The lowest BCUT2D eigenvalue weighted by atomic mass is 10.1. The highest BCUT2D eigenvalue weighted by Crippen LogP contribution is 2.17. The quantitative estimate of drug-likeness (QED) is 0.670. The zero-order valence-corrected chi connectivity index (χ0v) is 13.1. The van der Waals surface area contributed by atoms with Crippen molar-refractivity contribution in [2.45, 2.75) is 6.42 Å². The van der Waals surface area contributed by atoms with Crippen molar-refractivity contribution in [3.8, 4) is 5.75 Å². The molecule has 0 bridgehead atoms. The lowest BCUT2D eigenvalue weighted by Gasteiger charge is -2.08. The van der Waals surface area contributed by atoms with Crippen molar-refractivity contribution in [1.29, 1.82) is 0 Å². The highest BCUT2D eigenvalue weighted by Gasteiger charge is 2.04. The molecule has 0 saturated carbocycles. The van der Waals surface area contributed by atoms with Crippen molar-refractivity contribution in [1.82, 2.24) is 10.6 Å². The zero-order valence-electron chi connectivity index (χ0n) is 12.3. The largest absolute Gasteiger partial charge is 0.494 e. The summed E-state index contributed by atoms with van der Waals surface area (Å²) < 4.78 is 23.1. The van der Waals surface area contributed by atoms with Crippen LogP contribution in [0.2, 0.25) is 0 Å². The van der Waals surface area contributed by atoms with Gasteiger partial charge in [0.05, 0.1) is 20.3 Å². The van der Waals surface area contributed by atoms with E-state index < -0.39 is 5.82 Å². The summed E-state index contributed by atoms with van der Waals surface area (Å²) in [7, 11) is 3.03. The van der Waals surface area contributed by atoms with Gasteiger partial charge in [-0.3, -0.25) is 4.79 Å². The third-order valence-corrected chi connectivity index (χ3v) is 2.72. The molecule has 0 spiro atoms. The van der Waals surface area contributed by atoms with E-state index in [9.17, 15) is 9.18 Å². The fourth-order valence-corrected chi connectivity index (χ4v) is 1.65. The van der Waals surface area contributed by atoms with Crippen molar-refractivity contribution >= 4 is 18.3 Å². The molecule has 0 radical (unpaired) electrons. The van der Waals surface area contributed by atoms with Gasteiger partial charge in [-0.2, -0.15) is 0 Å².